The van der Waals surface area contributed by atoms with Gasteiger partial charge in [0.1, 0.15) is 10.8 Å². The van der Waals surface area contributed by atoms with Crippen molar-refractivity contribution in [3.05, 3.63) is 55.1 Å². The molecule has 0 spiro atoms. The van der Waals surface area contributed by atoms with Crippen LogP contribution < -0.4 is 4.90 Å². The van der Waals surface area contributed by atoms with Gasteiger partial charge in [0.15, 0.2) is 5.65 Å². The van der Waals surface area contributed by atoms with E-state index in [9.17, 15) is 0 Å². The number of nitrogens with zero attached hydrogens (tertiary/aromatic N) is 5. The lowest BCUT2D eigenvalue weighted by molar-refractivity contribution is 0.573. The van der Waals surface area contributed by atoms with Gasteiger partial charge >= 0.3 is 0 Å². The van der Waals surface area contributed by atoms with Gasteiger partial charge in [-0.1, -0.05) is 6.07 Å². The van der Waals surface area contributed by atoms with E-state index in [4.69, 9.17) is 4.98 Å². The smallest absolute Gasteiger partial charge is 0.170 e. The lowest BCUT2D eigenvalue weighted by Gasteiger charge is -2.27. The molecule has 1 fully saturated rings. The Morgan fingerprint density at radius 2 is 1.74 bits per heavy atom. The molecule has 0 N–H and O–H groups in total. The predicted molar refractivity (Wildman–Crippen MR) is 110 cm³/mol. The summed E-state index contributed by atoms with van der Waals surface area (Å²) in [7, 11) is 0. The average molecular weight is 373 g/mol. The number of hydrogen-bond donors (Lipinski definition) is 0. The Labute approximate surface area is 161 Å². The predicted octanol–water partition coefficient (Wildman–Crippen LogP) is 4.81. The number of anilines is 1. The van der Waals surface area contributed by atoms with Crippen LogP contribution in [0.5, 0.6) is 0 Å². The van der Waals surface area contributed by atoms with Crippen molar-refractivity contribution in [2.45, 2.75) is 19.3 Å². The normalized spacial score (nSPS) is 14.6. The van der Waals surface area contributed by atoms with Crippen molar-refractivity contribution in [1.82, 2.24) is 19.9 Å². The van der Waals surface area contributed by atoms with Crippen LogP contribution in [0.15, 0.2) is 55.1 Å². The maximum atomic E-state index is 4.70. The van der Waals surface area contributed by atoms with E-state index < -0.39 is 0 Å². The van der Waals surface area contributed by atoms with E-state index in [1.165, 1.54) is 19.3 Å². The van der Waals surface area contributed by atoms with Gasteiger partial charge in [-0.25, -0.2) is 15.0 Å². The third-order valence-electron chi connectivity index (χ3n) is 4.92. The van der Waals surface area contributed by atoms with Crippen LogP contribution in [0.2, 0.25) is 0 Å². The van der Waals surface area contributed by atoms with Crippen molar-refractivity contribution in [2.24, 2.45) is 0 Å². The molecule has 0 amide bonds. The van der Waals surface area contributed by atoms with Crippen molar-refractivity contribution >= 4 is 27.5 Å². The van der Waals surface area contributed by atoms with Crippen molar-refractivity contribution in [3.63, 3.8) is 0 Å². The van der Waals surface area contributed by atoms with E-state index in [1.807, 2.05) is 30.7 Å². The zero-order valence-electron chi connectivity index (χ0n) is 14.9. The number of pyridine rings is 3. The standard InChI is InChI=1S/C21H19N5S/c1-2-9-26(10-3-1)19-7-6-16(13-23-19)21-25-20-18(27-21)11-17(14-24-20)15-5-4-8-22-12-15/h4-8,11-14H,1-3,9-10H2. The molecule has 0 radical (unpaired) electrons. The Hall–Kier alpha value is -2.86. The number of rotatable bonds is 3. The lowest BCUT2D eigenvalue weighted by Crippen LogP contribution is -2.29. The second-order valence-corrected chi connectivity index (χ2v) is 7.79. The molecule has 27 heavy (non-hydrogen) atoms. The summed E-state index contributed by atoms with van der Waals surface area (Å²) in [5.41, 5.74) is 3.95. The van der Waals surface area contributed by atoms with E-state index in [-0.39, 0.29) is 0 Å². The summed E-state index contributed by atoms with van der Waals surface area (Å²) in [5.74, 6) is 1.07. The number of piperidine rings is 1. The summed E-state index contributed by atoms with van der Waals surface area (Å²) in [5, 5.41) is 0.957. The van der Waals surface area contributed by atoms with E-state index in [0.29, 0.717) is 0 Å². The van der Waals surface area contributed by atoms with Gasteiger partial charge in [0.05, 0.1) is 4.70 Å². The first-order valence-corrected chi connectivity index (χ1v) is 10.1. The fourth-order valence-electron chi connectivity index (χ4n) is 3.46. The van der Waals surface area contributed by atoms with Gasteiger partial charge in [0.25, 0.3) is 0 Å². The van der Waals surface area contributed by atoms with Crippen LogP contribution in [-0.2, 0) is 0 Å². The molecule has 0 aliphatic carbocycles. The summed E-state index contributed by atoms with van der Waals surface area (Å²) in [6.45, 7) is 2.21. The first-order valence-electron chi connectivity index (χ1n) is 9.25. The summed E-state index contributed by atoms with van der Waals surface area (Å²) >= 11 is 1.65. The van der Waals surface area contributed by atoms with Crippen LogP contribution in [0.1, 0.15) is 19.3 Å². The van der Waals surface area contributed by atoms with Gasteiger partial charge in [0, 0.05) is 54.6 Å². The zero-order chi connectivity index (χ0) is 18.1. The monoisotopic (exact) mass is 373 g/mol. The number of thiazole rings is 1. The highest BCUT2D eigenvalue weighted by Gasteiger charge is 2.13. The van der Waals surface area contributed by atoms with Gasteiger partial charge in [-0.05, 0) is 43.5 Å². The van der Waals surface area contributed by atoms with E-state index >= 15 is 0 Å². The van der Waals surface area contributed by atoms with E-state index in [2.05, 4.69) is 38.1 Å². The Kier molecular flexibility index (Phi) is 4.26. The number of aromatic nitrogens is 4. The zero-order valence-corrected chi connectivity index (χ0v) is 15.7. The molecule has 4 aromatic heterocycles. The van der Waals surface area contributed by atoms with E-state index in [1.54, 1.807) is 17.5 Å². The third-order valence-corrected chi connectivity index (χ3v) is 5.96. The minimum absolute atomic E-state index is 0.780. The molecule has 5 rings (SSSR count). The van der Waals surface area contributed by atoms with Gasteiger partial charge in [-0.3, -0.25) is 4.98 Å². The molecule has 0 aromatic carbocycles. The maximum absolute atomic E-state index is 4.70. The molecular formula is C21H19N5S. The lowest BCUT2D eigenvalue weighted by atomic mass is 10.1. The molecule has 6 heteroatoms. The fourth-order valence-corrected chi connectivity index (χ4v) is 4.41. The van der Waals surface area contributed by atoms with Crippen molar-refractivity contribution in [2.75, 3.05) is 18.0 Å². The molecule has 134 valence electrons. The largest absolute Gasteiger partial charge is 0.357 e. The second kappa shape index (κ2) is 7.04. The number of hydrogen-bond acceptors (Lipinski definition) is 6. The van der Waals surface area contributed by atoms with Crippen LogP contribution in [0.25, 0.3) is 32.0 Å². The highest BCUT2D eigenvalue weighted by molar-refractivity contribution is 7.21. The maximum Gasteiger partial charge on any atom is 0.170 e. The molecule has 5 heterocycles. The number of fused-ring (bicyclic) bond motifs is 1. The topological polar surface area (TPSA) is 54.8 Å². The molecule has 1 aliphatic heterocycles. The first kappa shape index (κ1) is 16.3. The Morgan fingerprint density at radius 3 is 2.52 bits per heavy atom. The van der Waals surface area contributed by atoms with Gasteiger partial charge in [-0.2, -0.15) is 0 Å². The van der Waals surface area contributed by atoms with Crippen LogP contribution in [0, 0.1) is 0 Å². The molecule has 0 bridgehead atoms. The Morgan fingerprint density at radius 1 is 0.852 bits per heavy atom. The SMILES string of the molecule is c1cncc(-c2cnc3nc(-c4ccc(N5CCCCC5)nc4)sc3c2)c1. The minimum atomic E-state index is 0.780. The Balaban J connectivity index is 1.44. The summed E-state index contributed by atoms with van der Waals surface area (Å²) in [4.78, 5) is 20.5. The van der Waals surface area contributed by atoms with E-state index in [0.717, 1.165) is 51.0 Å². The molecule has 1 aliphatic rings. The van der Waals surface area contributed by atoms with Crippen molar-refractivity contribution in [1.29, 1.82) is 0 Å². The molecule has 4 aromatic rings. The van der Waals surface area contributed by atoms with Crippen LogP contribution >= 0.6 is 11.3 Å². The average Bonchev–Trinajstić information content (AvgIpc) is 3.18. The molecule has 1 saturated heterocycles. The highest BCUT2D eigenvalue weighted by Crippen LogP contribution is 2.32. The first-order chi connectivity index (χ1) is 13.4. The summed E-state index contributed by atoms with van der Waals surface area (Å²) in [6, 6.07) is 10.3. The van der Waals surface area contributed by atoms with Gasteiger partial charge < -0.3 is 4.90 Å². The van der Waals surface area contributed by atoms with Gasteiger partial charge in [-0.15, -0.1) is 11.3 Å². The van der Waals surface area contributed by atoms with Crippen LogP contribution in [0.4, 0.5) is 5.82 Å². The molecule has 0 atom stereocenters. The van der Waals surface area contributed by atoms with Crippen LogP contribution in [0.3, 0.4) is 0 Å². The molecular weight excluding hydrogens is 354 g/mol. The van der Waals surface area contributed by atoms with Gasteiger partial charge in [0.2, 0.25) is 0 Å². The minimum Gasteiger partial charge on any atom is -0.357 e. The summed E-state index contributed by atoms with van der Waals surface area (Å²) < 4.78 is 1.08. The fraction of sp³-hybridized carbons (Fsp3) is 0.238. The molecule has 5 nitrogen and oxygen atoms in total. The summed E-state index contributed by atoms with van der Waals surface area (Å²) in [6.07, 6.45) is 11.3. The molecule has 0 unspecified atom stereocenters. The highest BCUT2D eigenvalue weighted by atomic mass is 32.1. The van der Waals surface area contributed by atoms with Crippen molar-refractivity contribution < 1.29 is 0 Å². The third kappa shape index (κ3) is 3.28. The quantitative estimate of drug-likeness (QED) is 0.516. The van der Waals surface area contributed by atoms with Crippen LogP contribution in [-0.4, -0.2) is 33.0 Å². The Bertz CT molecular complexity index is 1050. The molecule has 0 saturated carbocycles. The van der Waals surface area contributed by atoms with Crippen molar-refractivity contribution in [3.8, 4) is 21.7 Å². The second-order valence-electron chi connectivity index (χ2n) is 6.76.